The van der Waals surface area contributed by atoms with Crippen LogP contribution in [-0.4, -0.2) is 61.3 Å². The van der Waals surface area contributed by atoms with Crippen LogP contribution in [-0.2, 0) is 0 Å². The number of anilines is 2. The molecule has 1 fully saturated rings. The van der Waals surface area contributed by atoms with E-state index in [2.05, 4.69) is 47.1 Å². The molecule has 0 bridgehead atoms. The van der Waals surface area contributed by atoms with Crippen LogP contribution < -0.4 is 9.80 Å². The van der Waals surface area contributed by atoms with E-state index in [9.17, 15) is 4.79 Å². The maximum Gasteiger partial charge on any atom is 0.253 e. The maximum atomic E-state index is 12.8. The highest BCUT2D eigenvalue weighted by molar-refractivity contribution is 5.94. The molecular weight excluding hydrogens is 386 g/mol. The van der Waals surface area contributed by atoms with Gasteiger partial charge in [0, 0.05) is 57.1 Å². The number of benzene rings is 2. The van der Waals surface area contributed by atoms with E-state index in [1.165, 1.54) is 11.1 Å². The Morgan fingerprint density at radius 1 is 0.839 bits per heavy atom. The van der Waals surface area contributed by atoms with Gasteiger partial charge < -0.3 is 14.7 Å². The molecule has 1 aromatic heterocycles. The van der Waals surface area contributed by atoms with E-state index in [0.29, 0.717) is 13.1 Å². The van der Waals surface area contributed by atoms with Crippen molar-refractivity contribution in [3.63, 3.8) is 0 Å². The molecule has 1 saturated heterocycles. The Hall–Kier alpha value is -3.41. The fourth-order valence-electron chi connectivity index (χ4n) is 3.77. The van der Waals surface area contributed by atoms with Crippen molar-refractivity contribution in [2.24, 2.45) is 0 Å². The highest BCUT2D eigenvalue weighted by Gasteiger charge is 2.23. The minimum Gasteiger partial charge on any atom is -0.378 e. The van der Waals surface area contributed by atoms with Crippen LogP contribution >= 0.6 is 0 Å². The molecule has 160 valence electrons. The largest absolute Gasteiger partial charge is 0.378 e. The summed E-state index contributed by atoms with van der Waals surface area (Å²) in [6.45, 7) is 7.07. The third-order valence-electron chi connectivity index (χ3n) is 5.97. The number of rotatable bonds is 4. The topological polar surface area (TPSA) is 52.6 Å². The molecule has 1 aliphatic heterocycles. The first-order valence-electron chi connectivity index (χ1n) is 10.7. The zero-order valence-electron chi connectivity index (χ0n) is 18.7. The van der Waals surface area contributed by atoms with Crippen LogP contribution in [0, 0.1) is 13.8 Å². The molecule has 4 rings (SSSR count). The van der Waals surface area contributed by atoms with E-state index in [0.717, 1.165) is 41.4 Å². The Kier molecular flexibility index (Phi) is 5.89. The molecule has 3 aromatic rings. The smallest absolute Gasteiger partial charge is 0.253 e. The summed E-state index contributed by atoms with van der Waals surface area (Å²) in [5.74, 6) is 0.941. The molecular formula is C25H29N5O. The molecule has 2 aromatic carbocycles. The molecule has 2 heterocycles. The lowest BCUT2D eigenvalue weighted by Gasteiger charge is -2.35. The van der Waals surface area contributed by atoms with Crippen molar-refractivity contribution in [3.05, 3.63) is 71.3 Å². The van der Waals surface area contributed by atoms with E-state index < -0.39 is 0 Å². The number of aryl methyl sites for hydroxylation is 2. The van der Waals surface area contributed by atoms with Gasteiger partial charge in [0.1, 0.15) is 0 Å². The van der Waals surface area contributed by atoms with Gasteiger partial charge in [-0.2, -0.15) is 0 Å². The second-order valence-electron chi connectivity index (χ2n) is 8.30. The van der Waals surface area contributed by atoms with Crippen LogP contribution in [0.2, 0.25) is 0 Å². The lowest BCUT2D eigenvalue weighted by atomic mass is 10.0. The van der Waals surface area contributed by atoms with Gasteiger partial charge in [0.2, 0.25) is 0 Å². The number of piperazine rings is 1. The number of hydrogen-bond acceptors (Lipinski definition) is 5. The molecule has 6 nitrogen and oxygen atoms in total. The second-order valence-corrected chi connectivity index (χ2v) is 8.30. The van der Waals surface area contributed by atoms with Crippen LogP contribution in [0.3, 0.4) is 0 Å². The Morgan fingerprint density at radius 2 is 1.55 bits per heavy atom. The molecule has 0 saturated carbocycles. The van der Waals surface area contributed by atoms with Crippen molar-refractivity contribution < 1.29 is 4.79 Å². The number of nitrogens with zero attached hydrogens (tertiary/aromatic N) is 5. The lowest BCUT2D eigenvalue weighted by Crippen LogP contribution is -2.49. The van der Waals surface area contributed by atoms with E-state index in [4.69, 9.17) is 0 Å². The van der Waals surface area contributed by atoms with Crippen molar-refractivity contribution in [2.45, 2.75) is 13.8 Å². The van der Waals surface area contributed by atoms with Gasteiger partial charge >= 0.3 is 0 Å². The number of carbonyl (C=O) groups excluding carboxylic acids is 1. The van der Waals surface area contributed by atoms with Gasteiger partial charge in [0.05, 0.1) is 5.69 Å². The Bertz CT molecular complexity index is 1050. The summed E-state index contributed by atoms with van der Waals surface area (Å²) >= 11 is 0. The van der Waals surface area contributed by atoms with Crippen LogP contribution in [0.15, 0.2) is 54.6 Å². The molecule has 0 radical (unpaired) electrons. The molecule has 6 heteroatoms. The van der Waals surface area contributed by atoms with Crippen molar-refractivity contribution in [1.82, 2.24) is 15.1 Å². The fraction of sp³-hybridized carbons (Fsp3) is 0.320. The SMILES string of the molecule is Cc1ccc(-c2ccc(N3CCN(C(=O)c4ccc(N(C)C)cc4)CC3)nn2)cc1C. The second kappa shape index (κ2) is 8.76. The van der Waals surface area contributed by atoms with Gasteiger partial charge in [-0.05, 0) is 67.4 Å². The van der Waals surface area contributed by atoms with Gasteiger partial charge in [-0.15, -0.1) is 10.2 Å². The molecule has 0 N–H and O–H groups in total. The summed E-state index contributed by atoms with van der Waals surface area (Å²) < 4.78 is 0. The third kappa shape index (κ3) is 4.53. The Labute approximate surface area is 184 Å². The highest BCUT2D eigenvalue weighted by atomic mass is 16.2. The van der Waals surface area contributed by atoms with Crippen molar-refractivity contribution in [2.75, 3.05) is 50.1 Å². The normalized spacial score (nSPS) is 13.9. The molecule has 31 heavy (non-hydrogen) atoms. The predicted molar refractivity (Wildman–Crippen MR) is 126 cm³/mol. The average Bonchev–Trinajstić information content (AvgIpc) is 2.81. The molecule has 1 amide bonds. The van der Waals surface area contributed by atoms with Gasteiger partial charge in [0.15, 0.2) is 5.82 Å². The summed E-state index contributed by atoms with van der Waals surface area (Å²) in [5, 5.41) is 8.90. The van der Waals surface area contributed by atoms with Crippen LogP contribution in [0.1, 0.15) is 21.5 Å². The first-order chi connectivity index (χ1) is 14.9. The number of aromatic nitrogens is 2. The minimum absolute atomic E-state index is 0.0844. The maximum absolute atomic E-state index is 12.8. The van der Waals surface area contributed by atoms with Crippen LogP contribution in [0.25, 0.3) is 11.3 Å². The standard InChI is InChI=1S/C25H29N5O/c1-18-5-6-21(17-19(18)2)23-11-12-24(27-26-23)29-13-15-30(16-14-29)25(31)20-7-9-22(10-8-20)28(3)4/h5-12,17H,13-16H2,1-4H3. The van der Waals surface area contributed by atoms with Crippen LogP contribution in [0.5, 0.6) is 0 Å². The summed E-state index contributed by atoms with van der Waals surface area (Å²) in [5.41, 5.74) is 6.30. The van der Waals surface area contributed by atoms with Crippen molar-refractivity contribution in [1.29, 1.82) is 0 Å². The lowest BCUT2D eigenvalue weighted by molar-refractivity contribution is 0.0746. The zero-order valence-corrected chi connectivity index (χ0v) is 18.7. The summed E-state index contributed by atoms with van der Waals surface area (Å²) in [6, 6.07) is 18.2. The predicted octanol–water partition coefficient (Wildman–Crippen LogP) is 3.79. The molecule has 1 aliphatic rings. The van der Waals surface area contributed by atoms with Gasteiger partial charge in [-0.3, -0.25) is 4.79 Å². The molecule has 0 unspecified atom stereocenters. The van der Waals surface area contributed by atoms with Crippen molar-refractivity contribution >= 4 is 17.4 Å². The van der Waals surface area contributed by atoms with Gasteiger partial charge in [-0.1, -0.05) is 12.1 Å². The van der Waals surface area contributed by atoms with Crippen LogP contribution in [0.4, 0.5) is 11.5 Å². The van der Waals surface area contributed by atoms with Gasteiger partial charge in [0.25, 0.3) is 5.91 Å². The van der Waals surface area contributed by atoms with Crippen molar-refractivity contribution in [3.8, 4) is 11.3 Å². The highest BCUT2D eigenvalue weighted by Crippen LogP contribution is 2.22. The summed E-state index contributed by atoms with van der Waals surface area (Å²) in [6.07, 6.45) is 0. The van der Waals surface area contributed by atoms with E-state index >= 15 is 0 Å². The van der Waals surface area contributed by atoms with E-state index in [-0.39, 0.29) is 5.91 Å². The van der Waals surface area contributed by atoms with Gasteiger partial charge in [-0.25, -0.2) is 0 Å². The average molecular weight is 416 g/mol. The monoisotopic (exact) mass is 415 g/mol. The minimum atomic E-state index is 0.0844. The number of amides is 1. The quantitative estimate of drug-likeness (QED) is 0.649. The first kappa shape index (κ1) is 20.8. The molecule has 0 aliphatic carbocycles. The summed E-state index contributed by atoms with van der Waals surface area (Å²) in [4.78, 5) is 19.0. The first-order valence-corrected chi connectivity index (χ1v) is 10.7. The number of carbonyl (C=O) groups is 1. The third-order valence-corrected chi connectivity index (χ3v) is 5.97. The number of hydrogen-bond donors (Lipinski definition) is 0. The zero-order chi connectivity index (χ0) is 22.0. The van der Waals surface area contributed by atoms with E-state index in [1.54, 1.807) is 0 Å². The molecule has 0 spiro atoms. The van der Waals surface area contributed by atoms with E-state index in [1.807, 2.05) is 60.3 Å². The Morgan fingerprint density at radius 3 is 2.13 bits per heavy atom. The summed E-state index contributed by atoms with van der Waals surface area (Å²) in [7, 11) is 3.99. The fourth-order valence-corrected chi connectivity index (χ4v) is 3.77. The Balaban J connectivity index is 1.38. The molecule has 0 atom stereocenters.